The number of rotatable bonds is 10. The fourth-order valence-corrected chi connectivity index (χ4v) is 2.68. The molecule has 0 amide bonds. The number of pyridine rings is 2. The lowest BCUT2D eigenvalue weighted by atomic mass is 10.1. The summed E-state index contributed by atoms with van der Waals surface area (Å²) in [6.45, 7) is 1.88. The van der Waals surface area contributed by atoms with E-state index in [1.165, 1.54) is 12.4 Å². The molecule has 8 heteroatoms. The van der Waals surface area contributed by atoms with Gasteiger partial charge in [-0.1, -0.05) is 34.6 Å². The van der Waals surface area contributed by atoms with Crippen LogP contribution in [0.15, 0.2) is 83.6 Å². The van der Waals surface area contributed by atoms with Gasteiger partial charge in [-0.25, -0.2) is 0 Å². The molecule has 1 aromatic carbocycles. The van der Waals surface area contributed by atoms with Crippen LogP contribution in [0, 0.1) is 0 Å². The van der Waals surface area contributed by atoms with Gasteiger partial charge in [0, 0.05) is 35.4 Å². The molecule has 0 saturated carbocycles. The Balaban J connectivity index is 1.39. The summed E-state index contributed by atoms with van der Waals surface area (Å²) in [6.07, 6.45) is 10.2. The minimum atomic E-state index is 0.432. The Morgan fingerprint density at radius 1 is 0.633 bits per heavy atom. The molecule has 154 valence electrons. The van der Waals surface area contributed by atoms with Crippen LogP contribution in [0.4, 0.5) is 0 Å². The average Bonchev–Trinajstić information content (AvgIpc) is 2.78. The molecule has 30 heavy (non-hydrogen) atoms. The highest BCUT2D eigenvalue weighted by Crippen LogP contribution is 2.07. The van der Waals surface area contributed by atoms with Crippen LogP contribution >= 0.6 is 0 Å². The van der Waals surface area contributed by atoms with E-state index in [1.54, 1.807) is 0 Å². The van der Waals surface area contributed by atoms with Crippen LogP contribution in [-0.2, 0) is 36.1 Å². The first-order valence-corrected chi connectivity index (χ1v) is 9.33. The third kappa shape index (κ3) is 6.77. The van der Waals surface area contributed by atoms with Crippen LogP contribution in [-0.4, -0.2) is 22.8 Å². The van der Waals surface area contributed by atoms with Gasteiger partial charge in [-0.05, 0) is 11.1 Å². The standard InChI is InChI=1S/C22H22N4O4/c27-23-13-19-5-9-25(10-6-19)17-29-15-21-1-2-22(4-3-21)16-30-18-26-11-7-20(8-12-26)14-24-28/h1-14H,15-18H2/p+2. The number of ether oxygens (including phenoxy) is 2. The molecule has 3 aromatic rings. The Hall–Kier alpha value is -3.62. The van der Waals surface area contributed by atoms with E-state index in [4.69, 9.17) is 19.9 Å². The van der Waals surface area contributed by atoms with Crippen molar-refractivity contribution in [3.05, 3.63) is 95.6 Å². The molecule has 0 fully saturated rings. The van der Waals surface area contributed by atoms with Gasteiger partial charge in [0.1, 0.15) is 0 Å². The van der Waals surface area contributed by atoms with Gasteiger partial charge in [0.15, 0.2) is 24.8 Å². The highest BCUT2D eigenvalue weighted by molar-refractivity contribution is 5.78. The fourth-order valence-electron chi connectivity index (χ4n) is 2.68. The molecule has 0 unspecified atom stereocenters. The molecule has 2 heterocycles. The third-order valence-electron chi connectivity index (χ3n) is 4.29. The number of hydrogen-bond donors (Lipinski definition) is 2. The van der Waals surface area contributed by atoms with Gasteiger partial charge < -0.3 is 19.9 Å². The lowest BCUT2D eigenvalue weighted by Gasteiger charge is -2.05. The van der Waals surface area contributed by atoms with E-state index < -0.39 is 0 Å². The zero-order chi connectivity index (χ0) is 21.0. The van der Waals surface area contributed by atoms with Crippen molar-refractivity contribution in [3.63, 3.8) is 0 Å². The summed E-state index contributed by atoms with van der Waals surface area (Å²) in [7, 11) is 0. The lowest BCUT2D eigenvalue weighted by Crippen LogP contribution is -2.34. The molecule has 0 radical (unpaired) electrons. The SMILES string of the molecule is O/N=C/c1cc[n+](COCc2ccc(COC[n+]3ccc(/C=N/O)cc3)cc2)cc1. The molecule has 0 atom stereocenters. The lowest BCUT2D eigenvalue weighted by molar-refractivity contribution is -0.734. The van der Waals surface area contributed by atoms with Gasteiger partial charge in [0.25, 0.3) is 13.5 Å². The number of benzene rings is 1. The molecule has 0 spiro atoms. The molecule has 0 aliphatic carbocycles. The van der Waals surface area contributed by atoms with E-state index in [2.05, 4.69) is 10.3 Å². The Kier molecular flexibility index (Phi) is 8.02. The first kappa shape index (κ1) is 21.1. The maximum Gasteiger partial charge on any atom is 0.252 e. The van der Waals surface area contributed by atoms with Crippen molar-refractivity contribution >= 4 is 12.4 Å². The summed E-state index contributed by atoms with van der Waals surface area (Å²) in [5.74, 6) is 0. The van der Waals surface area contributed by atoms with E-state index in [0.717, 1.165) is 22.3 Å². The molecule has 2 aromatic heterocycles. The van der Waals surface area contributed by atoms with Crippen LogP contribution in [0.2, 0.25) is 0 Å². The smallest absolute Gasteiger partial charge is 0.252 e. The number of aromatic nitrogens is 2. The maximum atomic E-state index is 8.52. The van der Waals surface area contributed by atoms with Crippen LogP contribution in [0.1, 0.15) is 22.3 Å². The molecular weight excluding hydrogens is 384 g/mol. The van der Waals surface area contributed by atoms with Gasteiger partial charge in [0.05, 0.1) is 25.6 Å². The largest absolute Gasteiger partial charge is 0.411 e. The minimum Gasteiger partial charge on any atom is -0.411 e. The molecule has 3 rings (SSSR count). The average molecular weight is 408 g/mol. The zero-order valence-electron chi connectivity index (χ0n) is 16.4. The fraction of sp³-hybridized carbons (Fsp3) is 0.182. The van der Waals surface area contributed by atoms with Gasteiger partial charge in [-0.2, -0.15) is 9.13 Å². The van der Waals surface area contributed by atoms with Crippen molar-refractivity contribution in [1.29, 1.82) is 0 Å². The van der Waals surface area contributed by atoms with E-state index in [0.29, 0.717) is 26.7 Å². The second kappa shape index (κ2) is 11.4. The molecule has 8 nitrogen and oxygen atoms in total. The second-order valence-electron chi connectivity index (χ2n) is 6.55. The van der Waals surface area contributed by atoms with Gasteiger partial charge in [-0.3, -0.25) is 0 Å². The summed E-state index contributed by atoms with van der Waals surface area (Å²) in [4.78, 5) is 0. The van der Waals surface area contributed by atoms with E-state index in [-0.39, 0.29) is 0 Å². The topological polar surface area (TPSA) is 91.4 Å². The summed E-state index contributed by atoms with van der Waals surface area (Å²) in [5.41, 5.74) is 3.80. The monoisotopic (exact) mass is 408 g/mol. The van der Waals surface area contributed by atoms with Crippen LogP contribution in [0.5, 0.6) is 0 Å². The predicted octanol–water partition coefficient (Wildman–Crippen LogP) is 2.23. The van der Waals surface area contributed by atoms with Crippen LogP contribution < -0.4 is 9.13 Å². The summed E-state index contributed by atoms with van der Waals surface area (Å²) < 4.78 is 15.3. The van der Waals surface area contributed by atoms with Gasteiger partial charge in [0.2, 0.25) is 0 Å². The summed E-state index contributed by atoms with van der Waals surface area (Å²) in [6, 6.07) is 15.5. The van der Waals surface area contributed by atoms with Crippen molar-refractivity contribution in [2.45, 2.75) is 26.7 Å². The Labute approximate surface area is 174 Å². The highest BCUT2D eigenvalue weighted by atomic mass is 16.5. The van der Waals surface area contributed by atoms with Crippen molar-refractivity contribution < 1.29 is 29.0 Å². The first-order chi connectivity index (χ1) is 14.8. The summed E-state index contributed by atoms with van der Waals surface area (Å²) >= 11 is 0. The maximum absolute atomic E-state index is 8.52. The predicted molar refractivity (Wildman–Crippen MR) is 108 cm³/mol. The highest BCUT2D eigenvalue weighted by Gasteiger charge is 2.03. The zero-order valence-corrected chi connectivity index (χ0v) is 16.4. The first-order valence-electron chi connectivity index (χ1n) is 9.33. The quantitative estimate of drug-likeness (QED) is 0.233. The third-order valence-corrected chi connectivity index (χ3v) is 4.29. The Morgan fingerprint density at radius 2 is 1.00 bits per heavy atom. The molecule has 0 aliphatic rings. The minimum absolute atomic E-state index is 0.432. The molecule has 0 bridgehead atoms. The molecule has 0 saturated heterocycles. The normalized spacial score (nSPS) is 11.5. The van der Waals surface area contributed by atoms with E-state index in [9.17, 15) is 0 Å². The van der Waals surface area contributed by atoms with Crippen molar-refractivity contribution in [3.8, 4) is 0 Å². The van der Waals surface area contributed by atoms with Gasteiger partial charge >= 0.3 is 0 Å². The molecule has 2 N–H and O–H groups in total. The van der Waals surface area contributed by atoms with Crippen molar-refractivity contribution in [2.75, 3.05) is 0 Å². The number of nitrogens with zero attached hydrogens (tertiary/aromatic N) is 4. The molecular formula is C22H24N4O4+2. The van der Waals surface area contributed by atoms with Crippen molar-refractivity contribution in [1.82, 2.24) is 0 Å². The Bertz CT molecular complexity index is 875. The van der Waals surface area contributed by atoms with E-state index in [1.807, 2.05) is 82.5 Å². The number of oxime groups is 2. The van der Waals surface area contributed by atoms with Crippen LogP contribution in [0.25, 0.3) is 0 Å². The summed E-state index contributed by atoms with van der Waals surface area (Å²) in [5, 5.41) is 23.0. The van der Waals surface area contributed by atoms with Gasteiger partial charge in [-0.15, -0.1) is 0 Å². The second-order valence-corrected chi connectivity index (χ2v) is 6.55. The van der Waals surface area contributed by atoms with Crippen LogP contribution in [0.3, 0.4) is 0 Å². The van der Waals surface area contributed by atoms with E-state index >= 15 is 0 Å². The van der Waals surface area contributed by atoms with Crippen molar-refractivity contribution in [2.24, 2.45) is 10.3 Å². The Morgan fingerprint density at radius 3 is 1.33 bits per heavy atom. The molecule has 0 aliphatic heterocycles. The number of hydrogen-bond acceptors (Lipinski definition) is 6.